The number of aliphatic hydroxyl groups is 1. The van der Waals surface area contributed by atoms with E-state index in [1.807, 2.05) is 30.3 Å². The lowest BCUT2D eigenvalue weighted by molar-refractivity contribution is -0.135. The van der Waals surface area contributed by atoms with Crippen molar-refractivity contribution >= 4 is 12.0 Å². The van der Waals surface area contributed by atoms with Gasteiger partial charge in [-0.05, 0) is 40.2 Å². The maximum absolute atomic E-state index is 12.6. The zero-order valence-electron chi connectivity index (χ0n) is 15.1. The number of hydrogen-bond donors (Lipinski definition) is 2. The van der Waals surface area contributed by atoms with Crippen LogP contribution in [0.2, 0.25) is 0 Å². The van der Waals surface area contributed by atoms with Gasteiger partial charge in [-0.25, -0.2) is 4.79 Å². The zero-order chi connectivity index (χ0) is 18.3. The largest absolute Gasteiger partial charge is 0.444 e. The molecule has 0 aliphatic heterocycles. The van der Waals surface area contributed by atoms with Gasteiger partial charge in [0.15, 0.2) is 0 Å². The Morgan fingerprint density at radius 2 is 1.79 bits per heavy atom. The van der Waals surface area contributed by atoms with E-state index in [4.69, 9.17) is 4.74 Å². The highest BCUT2D eigenvalue weighted by molar-refractivity contribution is 5.85. The van der Waals surface area contributed by atoms with Gasteiger partial charge in [-0.1, -0.05) is 30.3 Å². The molecule has 1 aromatic carbocycles. The van der Waals surface area contributed by atoms with Crippen molar-refractivity contribution in [3.05, 3.63) is 35.9 Å². The molecule has 0 bridgehead atoms. The molecule has 0 aromatic heterocycles. The molecule has 0 aliphatic rings. The van der Waals surface area contributed by atoms with Crippen molar-refractivity contribution in [1.29, 1.82) is 0 Å². The van der Waals surface area contributed by atoms with E-state index >= 15 is 0 Å². The first-order valence-corrected chi connectivity index (χ1v) is 8.09. The van der Waals surface area contributed by atoms with Crippen LogP contribution in [0.25, 0.3) is 0 Å². The zero-order valence-corrected chi connectivity index (χ0v) is 15.1. The average molecular weight is 336 g/mol. The normalized spacial score (nSPS) is 13.8. The third kappa shape index (κ3) is 7.46. The summed E-state index contributed by atoms with van der Waals surface area (Å²) in [5, 5.41) is 12.2. The molecule has 1 rings (SSSR count). The first-order valence-electron chi connectivity index (χ1n) is 8.09. The first kappa shape index (κ1) is 20.0. The number of carbonyl (C=O) groups is 2. The number of rotatable bonds is 6. The standard InChI is InChI=1S/C18H28N2O4/c1-13(21)11-20(12-15-9-7-6-8-10-15)16(22)14(2)19-17(23)24-18(3,4)5/h6-10,13-14,21H,11-12H2,1-5H3,(H,19,23)/t13-,14+/m0/s1. The van der Waals surface area contributed by atoms with E-state index in [9.17, 15) is 14.7 Å². The Hall–Kier alpha value is -2.08. The molecular formula is C18H28N2O4. The van der Waals surface area contributed by atoms with Crippen molar-refractivity contribution in [3.63, 3.8) is 0 Å². The third-order valence-corrected chi connectivity index (χ3v) is 3.12. The Kier molecular flexibility index (Phi) is 7.22. The van der Waals surface area contributed by atoms with Gasteiger partial charge in [-0.15, -0.1) is 0 Å². The summed E-state index contributed by atoms with van der Waals surface area (Å²) in [5.74, 6) is -0.273. The van der Waals surface area contributed by atoms with Gasteiger partial charge < -0.3 is 20.1 Å². The van der Waals surface area contributed by atoms with Crippen LogP contribution >= 0.6 is 0 Å². The summed E-state index contributed by atoms with van der Waals surface area (Å²) in [5.41, 5.74) is 0.326. The minimum Gasteiger partial charge on any atom is -0.444 e. The molecule has 0 fully saturated rings. The molecule has 0 saturated heterocycles. The van der Waals surface area contributed by atoms with Crippen LogP contribution in [0.15, 0.2) is 30.3 Å². The Morgan fingerprint density at radius 3 is 2.29 bits per heavy atom. The molecular weight excluding hydrogens is 308 g/mol. The quantitative estimate of drug-likeness (QED) is 0.835. The number of aliphatic hydroxyl groups excluding tert-OH is 1. The highest BCUT2D eigenvalue weighted by atomic mass is 16.6. The van der Waals surface area contributed by atoms with Crippen LogP contribution in [0.5, 0.6) is 0 Å². The van der Waals surface area contributed by atoms with E-state index in [-0.39, 0.29) is 12.5 Å². The van der Waals surface area contributed by atoms with E-state index in [0.29, 0.717) is 6.54 Å². The number of ether oxygens (including phenoxy) is 1. The highest BCUT2D eigenvalue weighted by Crippen LogP contribution is 2.09. The Morgan fingerprint density at radius 1 is 1.21 bits per heavy atom. The van der Waals surface area contributed by atoms with E-state index in [2.05, 4.69) is 5.32 Å². The fraction of sp³-hybridized carbons (Fsp3) is 0.556. The lowest BCUT2D eigenvalue weighted by Gasteiger charge is -2.28. The number of hydrogen-bond acceptors (Lipinski definition) is 4. The van der Waals surface area contributed by atoms with Crippen LogP contribution in [0, 0.1) is 0 Å². The van der Waals surface area contributed by atoms with Gasteiger partial charge in [0, 0.05) is 13.1 Å². The number of benzene rings is 1. The molecule has 24 heavy (non-hydrogen) atoms. The van der Waals surface area contributed by atoms with Crippen LogP contribution < -0.4 is 5.32 Å². The molecule has 2 amide bonds. The van der Waals surface area contributed by atoms with Crippen molar-refractivity contribution in [1.82, 2.24) is 10.2 Å². The number of amides is 2. The number of alkyl carbamates (subject to hydrolysis) is 1. The monoisotopic (exact) mass is 336 g/mol. The second kappa shape index (κ2) is 8.68. The fourth-order valence-electron chi connectivity index (χ4n) is 2.18. The second-order valence-electron chi connectivity index (χ2n) is 6.92. The minimum atomic E-state index is -0.748. The average Bonchev–Trinajstić information content (AvgIpc) is 2.44. The molecule has 0 heterocycles. The van der Waals surface area contributed by atoms with E-state index < -0.39 is 23.8 Å². The van der Waals surface area contributed by atoms with E-state index in [1.54, 1.807) is 34.6 Å². The van der Waals surface area contributed by atoms with Crippen LogP contribution in [-0.4, -0.2) is 46.3 Å². The number of carbonyl (C=O) groups excluding carboxylic acids is 2. The second-order valence-corrected chi connectivity index (χ2v) is 6.92. The summed E-state index contributed by atoms with van der Waals surface area (Å²) in [7, 11) is 0. The molecule has 0 radical (unpaired) electrons. The van der Waals surface area contributed by atoms with E-state index in [0.717, 1.165) is 5.56 Å². The van der Waals surface area contributed by atoms with Crippen molar-refractivity contribution in [2.24, 2.45) is 0 Å². The molecule has 0 aliphatic carbocycles. The Balaban J connectivity index is 2.74. The minimum absolute atomic E-state index is 0.189. The maximum Gasteiger partial charge on any atom is 0.408 e. The summed E-state index contributed by atoms with van der Waals surface area (Å²) < 4.78 is 5.17. The van der Waals surface area contributed by atoms with Crippen molar-refractivity contribution in [2.75, 3.05) is 6.54 Å². The molecule has 0 spiro atoms. The van der Waals surface area contributed by atoms with Gasteiger partial charge >= 0.3 is 6.09 Å². The first-order chi connectivity index (χ1) is 11.1. The lowest BCUT2D eigenvalue weighted by atomic mass is 10.2. The summed E-state index contributed by atoms with van der Waals surface area (Å²) in [6, 6.07) is 8.76. The van der Waals surface area contributed by atoms with Crippen molar-refractivity contribution in [3.8, 4) is 0 Å². The Labute approximate surface area is 143 Å². The molecule has 0 saturated carbocycles. The predicted octanol–water partition coefficient (Wildman–Crippen LogP) is 2.31. The summed E-state index contributed by atoms with van der Waals surface area (Å²) in [6.07, 6.45) is -1.30. The summed E-state index contributed by atoms with van der Waals surface area (Å²) in [4.78, 5) is 26.0. The molecule has 1 aromatic rings. The van der Waals surface area contributed by atoms with E-state index in [1.165, 1.54) is 4.90 Å². The molecule has 6 heteroatoms. The number of nitrogens with one attached hydrogen (secondary N) is 1. The third-order valence-electron chi connectivity index (χ3n) is 3.12. The van der Waals surface area contributed by atoms with Crippen LogP contribution in [0.4, 0.5) is 4.79 Å². The van der Waals surface area contributed by atoms with Crippen LogP contribution in [0.3, 0.4) is 0 Å². The fourth-order valence-corrected chi connectivity index (χ4v) is 2.18. The lowest BCUT2D eigenvalue weighted by Crippen LogP contribution is -2.49. The Bertz CT molecular complexity index is 538. The van der Waals surface area contributed by atoms with Crippen molar-refractivity contribution in [2.45, 2.75) is 58.9 Å². The van der Waals surface area contributed by atoms with Crippen LogP contribution in [0.1, 0.15) is 40.2 Å². The van der Waals surface area contributed by atoms with Gasteiger partial charge in [-0.3, -0.25) is 4.79 Å². The van der Waals surface area contributed by atoms with Gasteiger partial charge in [0.25, 0.3) is 0 Å². The van der Waals surface area contributed by atoms with Gasteiger partial charge in [0.2, 0.25) is 5.91 Å². The maximum atomic E-state index is 12.6. The molecule has 2 N–H and O–H groups in total. The molecule has 6 nitrogen and oxygen atoms in total. The predicted molar refractivity (Wildman–Crippen MR) is 92.4 cm³/mol. The summed E-state index contributed by atoms with van der Waals surface area (Å²) in [6.45, 7) is 9.05. The van der Waals surface area contributed by atoms with Gasteiger partial charge in [0.1, 0.15) is 11.6 Å². The molecule has 134 valence electrons. The van der Waals surface area contributed by atoms with Gasteiger partial charge in [0.05, 0.1) is 6.10 Å². The molecule has 0 unspecified atom stereocenters. The topological polar surface area (TPSA) is 78.9 Å². The SMILES string of the molecule is C[C@H](O)CN(Cc1ccccc1)C(=O)[C@@H](C)NC(=O)OC(C)(C)C. The van der Waals surface area contributed by atoms with Gasteiger partial charge in [-0.2, -0.15) is 0 Å². The van der Waals surface area contributed by atoms with Crippen LogP contribution in [-0.2, 0) is 16.1 Å². The smallest absolute Gasteiger partial charge is 0.408 e. The summed E-state index contributed by atoms with van der Waals surface area (Å²) >= 11 is 0. The molecule has 2 atom stereocenters. The highest BCUT2D eigenvalue weighted by Gasteiger charge is 2.25. The number of nitrogens with zero attached hydrogens (tertiary/aromatic N) is 1. The van der Waals surface area contributed by atoms with Crippen molar-refractivity contribution < 1.29 is 19.4 Å².